The van der Waals surface area contributed by atoms with E-state index in [-0.39, 0.29) is 5.91 Å². The number of hydrogen-bond donors (Lipinski definition) is 0. The van der Waals surface area contributed by atoms with Crippen LogP contribution in [0.2, 0.25) is 0 Å². The maximum Gasteiger partial charge on any atom is 0.228 e. The summed E-state index contributed by atoms with van der Waals surface area (Å²) in [6.45, 7) is 0.606. The van der Waals surface area contributed by atoms with Crippen LogP contribution in [-0.2, 0) is 17.8 Å². The van der Waals surface area contributed by atoms with Crippen LogP contribution in [0.1, 0.15) is 11.3 Å². The van der Waals surface area contributed by atoms with Gasteiger partial charge >= 0.3 is 0 Å². The first-order valence-electron chi connectivity index (χ1n) is 6.98. The number of amides is 1. The molecule has 0 bridgehead atoms. The molecule has 0 spiro atoms. The Bertz CT molecular complexity index is 735. The lowest BCUT2D eigenvalue weighted by atomic mass is 10.2. The summed E-state index contributed by atoms with van der Waals surface area (Å²) in [6, 6.07) is 13.6. The molecule has 2 aromatic heterocycles. The molecular weight excluding hydrogens is 296 g/mol. The summed E-state index contributed by atoms with van der Waals surface area (Å²) in [4.78, 5) is 18.5. The molecule has 22 heavy (non-hydrogen) atoms. The maximum atomic E-state index is 12.3. The van der Waals surface area contributed by atoms with Crippen LogP contribution in [0.3, 0.4) is 0 Å². The lowest BCUT2D eigenvalue weighted by molar-refractivity contribution is -0.129. The number of rotatable bonds is 5. The van der Waals surface area contributed by atoms with Crippen LogP contribution in [0.25, 0.3) is 10.8 Å². The molecule has 0 aliphatic heterocycles. The Kier molecular flexibility index (Phi) is 4.34. The molecule has 0 fully saturated rings. The van der Waals surface area contributed by atoms with Crippen molar-refractivity contribution in [3.8, 4) is 10.8 Å². The molecule has 0 aliphatic rings. The van der Waals surface area contributed by atoms with E-state index in [9.17, 15) is 4.79 Å². The van der Waals surface area contributed by atoms with E-state index in [0.717, 1.165) is 22.0 Å². The van der Waals surface area contributed by atoms with E-state index < -0.39 is 0 Å². The topological polar surface area (TPSA) is 46.3 Å². The van der Waals surface area contributed by atoms with Gasteiger partial charge in [-0.2, -0.15) is 0 Å². The highest BCUT2D eigenvalue weighted by Crippen LogP contribution is 2.24. The first-order chi connectivity index (χ1) is 10.7. The van der Waals surface area contributed by atoms with Gasteiger partial charge in [-0.05, 0) is 17.7 Å². The summed E-state index contributed by atoms with van der Waals surface area (Å²) in [5.74, 6) is 0.793. The largest absolute Gasteiger partial charge is 0.462 e. The molecule has 2 heterocycles. The van der Waals surface area contributed by atoms with E-state index in [1.54, 1.807) is 11.2 Å². The van der Waals surface area contributed by atoms with Gasteiger partial charge in [0, 0.05) is 19.0 Å². The molecule has 0 N–H and O–H groups in total. The van der Waals surface area contributed by atoms with Gasteiger partial charge in [-0.3, -0.25) is 4.79 Å². The lowest BCUT2D eigenvalue weighted by Gasteiger charge is -2.16. The van der Waals surface area contributed by atoms with Crippen molar-refractivity contribution in [1.29, 1.82) is 0 Å². The van der Waals surface area contributed by atoms with E-state index >= 15 is 0 Å². The highest BCUT2D eigenvalue weighted by atomic mass is 32.1. The van der Waals surface area contributed by atoms with Gasteiger partial charge in [-0.1, -0.05) is 30.3 Å². The summed E-state index contributed by atoms with van der Waals surface area (Å²) in [6.07, 6.45) is 1.93. The normalized spacial score (nSPS) is 10.6. The average Bonchev–Trinajstić information content (AvgIpc) is 3.19. The van der Waals surface area contributed by atoms with Crippen LogP contribution < -0.4 is 0 Å². The molecule has 3 rings (SSSR count). The molecule has 3 aromatic rings. The maximum absolute atomic E-state index is 12.3. The summed E-state index contributed by atoms with van der Waals surface area (Å²) >= 11 is 1.49. The number of likely N-dealkylation sites (N-methyl/N-ethyl adjacent to an activating group) is 1. The Morgan fingerprint density at radius 2 is 2.05 bits per heavy atom. The third-order valence-electron chi connectivity index (χ3n) is 3.30. The highest BCUT2D eigenvalue weighted by Gasteiger charge is 2.14. The number of carbonyl (C=O) groups is 1. The van der Waals surface area contributed by atoms with Crippen molar-refractivity contribution in [2.45, 2.75) is 13.0 Å². The molecule has 0 saturated carbocycles. The molecule has 112 valence electrons. The summed E-state index contributed by atoms with van der Waals surface area (Å²) in [5.41, 5.74) is 1.90. The van der Waals surface area contributed by atoms with Gasteiger partial charge < -0.3 is 9.32 Å². The van der Waals surface area contributed by atoms with Crippen LogP contribution in [0.15, 0.2) is 58.5 Å². The molecule has 4 nitrogen and oxygen atoms in total. The standard InChI is InChI=1S/C17H16N2O2S/c1-19(11-13-6-3-2-4-7-13)16(20)10-14-12-22-17(18-14)15-8-5-9-21-15/h2-9,12H,10-11H2,1H3. The third kappa shape index (κ3) is 3.43. The van der Waals surface area contributed by atoms with E-state index in [1.807, 2.05) is 54.9 Å². The van der Waals surface area contributed by atoms with Gasteiger partial charge in [0.05, 0.1) is 18.4 Å². The second-order valence-corrected chi connectivity index (χ2v) is 5.89. The fourth-order valence-corrected chi connectivity index (χ4v) is 2.92. The summed E-state index contributed by atoms with van der Waals surface area (Å²) < 4.78 is 5.32. The van der Waals surface area contributed by atoms with Gasteiger partial charge in [0.2, 0.25) is 5.91 Å². The van der Waals surface area contributed by atoms with Crippen LogP contribution >= 0.6 is 11.3 Å². The minimum Gasteiger partial charge on any atom is -0.462 e. The Labute approximate surface area is 133 Å². The zero-order chi connectivity index (χ0) is 15.4. The monoisotopic (exact) mass is 312 g/mol. The van der Waals surface area contributed by atoms with E-state index in [4.69, 9.17) is 4.42 Å². The Balaban J connectivity index is 1.62. The Morgan fingerprint density at radius 1 is 1.23 bits per heavy atom. The van der Waals surface area contributed by atoms with Crippen LogP contribution in [0.4, 0.5) is 0 Å². The van der Waals surface area contributed by atoms with Crippen LogP contribution in [0.5, 0.6) is 0 Å². The first kappa shape index (κ1) is 14.5. The predicted octanol–water partition coefficient (Wildman–Crippen LogP) is 3.60. The number of hydrogen-bond acceptors (Lipinski definition) is 4. The first-order valence-corrected chi connectivity index (χ1v) is 7.86. The van der Waals surface area contributed by atoms with E-state index in [2.05, 4.69) is 4.98 Å². The predicted molar refractivity (Wildman–Crippen MR) is 86.4 cm³/mol. The zero-order valence-corrected chi connectivity index (χ0v) is 13.0. The van der Waals surface area contributed by atoms with E-state index in [0.29, 0.717) is 13.0 Å². The quantitative estimate of drug-likeness (QED) is 0.723. The number of benzene rings is 1. The Morgan fingerprint density at radius 3 is 2.77 bits per heavy atom. The van der Waals surface area contributed by atoms with Crippen molar-refractivity contribution in [1.82, 2.24) is 9.88 Å². The molecule has 0 aliphatic carbocycles. The van der Waals surface area contributed by atoms with Crippen LogP contribution in [0, 0.1) is 0 Å². The molecule has 0 saturated heterocycles. The minimum absolute atomic E-state index is 0.0557. The van der Waals surface area contributed by atoms with E-state index in [1.165, 1.54) is 11.3 Å². The minimum atomic E-state index is 0.0557. The smallest absolute Gasteiger partial charge is 0.228 e. The van der Waals surface area contributed by atoms with Gasteiger partial charge in [0.1, 0.15) is 0 Å². The van der Waals surface area contributed by atoms with Crippen molar-refractivity contribution in [3.63, 3.8) is 0 Å². The van der Waals surface area contributed by atoms with Gasteiger partial charge in [0.15, 0.2) is 10.8 Å². The molecule has 0 radical (unpaired) electrons. The van der Waals surface area contributed by atoms with Gasteiger partial charge in [0.25, 0.3) is 0 Å². The number of carbonyl (C=O) groups excluding carboxylic acids is 1. The molecule has 1 aromatic carbocycles. The average molecular weight is 312 g/mol. The molecule has 0 atom stereocenters. The van der Waals surface area contributed by atoms with Crippen molar-refractivity contribution < 1.29 is 9.21 Å². The molecule has 0 unspecified atom stereocenters. The van der Waals surface area contributed by atoms with Crippen LogP contribution in [-0.4, -0.2) is 22.8 Å². The SMILES string of the molecule is CN(Cc1ccccc1)C(=O)Cc1csc(-c2ccco2)n1. The molecule has 1 amide bonds. The van der Waals surface area contributed by atoms with Gasteiger partial charge in [-0.15, -0.1) is 11.3 Å². The summed E-state index contributed by atoms with van der Waals surface area (Å²) in [7, 11) is 1.81. The summed E-state index contributed by atoms with van der Waals surface area (Å²) in [5, 5.41) is 2.71. The van der Waals surface area contributed by atoms with Crippen molar-refractivity contribution in [2.75, 3.05) is 7.05 Å². The Hall–Kier alpha value is -2.40. The van der Waals surface area contributed by atoms with Crippen molar-refractivity contribution >= 4 is 17.2 Å². The van der Waals surface area contributed by atoms with Crippen molar-refractivity contribution in [2.24, 2.45) is 0 Å². The highest BCUT2D eigenvalue weighted by molar-refractivity contribution is 7.13. The second kappa shape index (κ2) is 6.58. The lowest BCUT2D eigenvalue weighted by Crippen LogP contribution is -2.27. The zero-order valence-electron chi connectivity index (χ0n) is 12.2. The number of thiazole rings is 1. The second-order valence-electron chi connectivity index (χ2n) is 5.03. The van der Waals surface area contributed by atoms with Crippen molar-refractivity contribution in [3.05, 3.63) is 65.4 Å². The third-order valence-corrected chi connectivity index (χ3v) is 4.21. The number of aromatic nitrogens is 1. The number of furan rings is 1. The fourth-order valence-electron chi connectivity index (χ4n) is 2.14. The molecular formula is C17H16N2O2S. The molecule has 5 heteroatoms. The number of nitrogens with zero attached hydrogens (tertiary/aromatic N) is 2. The fraction of sp³-hybridized carbons (Fsp3) is 0.176. The van der Waals surface area contributed by atoms with Gasteiger partial charge in [-0.25, -0.2) is 4.98 Å².